The minimum atomic E-state index is -0.544. The first-order valence-corrected chi connectivity index (χ1v) is 12.7. The van der Waals surface area contributed by atoms with E-state index in [4.69, 9.17) is 0 Å². The van der Waals surface area contributed by atoms with Gasteiger partial charge in [-0.2, -0.15) is 0 Å². The Bertz CT molecular complexity index is 841. The summed E-state index contributed by atoms with van der Waals surface area (Å²) in [5.74, 6) is 0.613. The minimum absolute atomic E-state index is 0.0272. The van der Waals surface area contributed by atoms with Gasteiger partial charge in [0.1, 0.15) is 5.69 Å². The Labute approximate surface area is 197 Å². The van der Waals surface area contributed by atoms with Crippen LogP contribution in [0.15, 0.2) is 18.6 Å². The van der Waals surface area contributed by atoms with Crippen LogP contribution in [0.1, 0.15) is 76.7 Å². The molecule has 1 saturated heterocycles. The normalized spacial score (nSPS) is 36.0. The van der Waals surface area contributed by atoms with Gasteiger partial charge >= 0.3 is 0 Å². The number of carbonyl (C=O) groups excluding carboxylic acids is 2. The summed E-state index contributed by atoms with van der Waals surface area (Å²) in [5.41, 5.74) is 0.349. The molecule has 4 rings (SSSR count). The monoisotopic (exact) mass is 456 g/mol. The van der Waals surface area contributed by atoms with Crippen molar-refractivity contribution >= 4 is 11.8 Å². The molecule has 2 heterocycles. The number of rotatable bonds is 4. The van der Waals surface area contributed by atoms with Crippen LogP contribution >= 0.6 is 0 Å². The van der Waals surface area contributed by atoms with Gasteiger partial charge in [0.05, 0.1) is 12.3 Å². The Kier molecular flexibility index (Phi) is 7.08. The molecule has 182 valence electrons. The lowest BCUT2D eigenvalue weighted by atomic mass is 9.51. The number of aliphatic hydroxyl groups excluding tert-OH is 1. The van der Waals surface area contributed by atoms with E-state index in [9.17, 15) is 14.7 Å². The summed E-state index contributed by atoms with van der Waals surface area (Å²) in [5, 5.41) is 14.8. The van der Waals surface area contributed by atoms with Gasteiger partial charge in [0.2, 0.25) is 5.91 Å². The van der Waals surface area contributed by atoms with Crippen LogP contribution < -0.4 is 5.32 Å². The van der Waals surface area contributed by atoms with Crippen molar-refractivity contribution in [2.45, 2.75) is 78.4 Å². The maximum atomic E-state index is 13.3. The highest BCUT2D eigenvalue weighted by molar-refractivity contribution is 5.92. The molecule has 2 aliphatic carbocycles. The van der Waals surface area contributed by atoms with E-state index < -0.39 is 6.10 Å². The quantitative estimate of drug-likeness (QED) is 0.725. The molecule has 2 saturated carbocycles. The van der Waals surface area contributed by atoms with Gasteiger partial charge < -0.3 is 15.3 Å². The molecule has 7 nitrogen and oxygen atoms in total. The zero-order valence-electron chi connectivity index (χ0n) is 20.5. The van der Waals surface area contributed by atoms with Crippen LogP contribution in [-0.2, 0) is 4.79 Å². The van der Waals surface area contributed by atoms with E-state index in [2.05, 4.69) is 36.1 Å². The molecule has 33 heavy (non-hydrogen) atoms. The number of carbonyl (C=O) groups is 2. The van der Waals surface area contributed by atoms with Gasteiger partial charge in [-0.1, -0.05) is 27.7 Å². The van der Waals surface area contributed by atoms with E-state index in [0.29, 0.717) is 11.6 Å². The molecule has 2 N–H and O–H groups in total. The fourth-order valence-corrected chi connectivity index (χ4v) is 6.86. The number of piperidine rings is 1. The van der Waals surface area contributed by atoms with Crippen molar-refractivity contribution < 1.29 is 14.7 Å². The first-order chi connectivity index (χ1) is 15.7. The maximum absolute atomic E-state index is 13.3. The zero-order chi connectivity index (χ0) is 23.8. The van der Waals surface area contributed by atoms with Gasteiger partial charge in [-0.15, -0.1) is 0 Å². The van der Waals surface area contributed by atoms with Crippen LogP contribution in [0.5, 0.6) is 0 Å². The molecule has 2 amide bonds. The van der Waals surface area contributed by atoms with E-state index in [-0.39, 0.29) is 46.9 Å². The number of hydrogen-bond donors (Lipinski definition) is 2. The van der Waals surface area contributed by atoms with Crippen LogP contribution in [0.25, 0.3) is 0 Å². The third-order valence-electron chi connectivity index (χ3n) is 9.13. The van der Waals surface area contributed by atoms with Gasteiger partial charge in [0, 0.05) is 37.4 Å². The molecule has 1 aromatic heterocycles. The van der Waals surface area contributed by atoms with Crippen LogP contribution in [0.4, 0.5) is 0 Å². The molecule has 0 unspecified atom stereocenters. The summed E-state index contributed by atoms with van der Waals surface area (Å²) < 4.78 is 0. The Hall–Kier alpha value is -2.02. The standard InChI is InChI=1S/C26H40N4O3/c1-16-7-13-30(14-8-16)25(33)17(2)19-5-9-26(4)10-6-20(18(3)22(26)23(19)31)29-24(32)21-15-27-11-12-28-21/h11-12,15-20,22-23,31H,5-10,13-14H2,1-4H3,(H,29,32)/t17-,18-,19-,20-,22+,23-,26+/m0/s1. The third kappa shape index (κ3) is 4.79. The summed E-state index contributed by atoms with van der Waals surface area (Å²) in [6.07, 6.45) is 9.89. The summed E-state index contributed by atoms with van der Waals surface area (Å²) in [6, 6.07) is -0.0272. The topological polar surface area (TPSA) is 95.4 Å². The lowest BCUT2D eigenvalue weighted by molar-refractivity contribution is -0.151. The molecule has 0 bridgehead atoms. The Morgan fingerprint density at radius 2 is 1.85 bits per heavy atom. The molecule has 0 spiro atoms. The lowest BCUT2D eigenvalue weighted by Crippen LogP contribution is -2.58. The van der Waals surface area contributed by atoms with Crippen molar-refractivity contribution in [1.82, 2.24) is 20.2 Å². The SMILES string of the molecule is CC1CCN(C(=O)[C@@H](C)[C@@H]2CC[C@]3(C)CC[C@H](NC(=O)c4cnccn4)[C@H](C)[C@@H]3[C@H]2O)CC1. The molecule has 3 aliphatic rings. The van der Waals surface area contributed by atoms with Gasteiger partial charge in [-0.05, 0) is 67.6 Å². The number of likely N-dealkylation sites (tertiary alicyclic amines) is 1. The van der Waals surface area contributed by atoms with Crippen LogP contribution in [0.3, 0.4) is 0 Å². The Balaban J connectivity index is 1.45. The van der Waals surface area contributed by atoms with E-state index in [0.717, 1.165) is 51.6 Å². The van der Waals surface area contributed by atoms with Gasteiger partial charge in [-0.25, -0.2) is 4.98 Å². The first kappa shape index (κ1) is 24.1. The Morgan fingerprint density at radius 1 is 1.15 bits per heavy atom. The molecule has 1 aromatic rings. The average molecular weight is 457 g/mol. The molecular formula is C26H40N4O3. The fraction of sp³-hybridized carbons (Fsp3) is 0.769. The molecule has 7 heteroatoms. The summed E-state index contributed by atoms with van der Waals surface area (Å²) in [6.45, 7) is 10.4. The molecule has 0 radical (unpaired) electrons. The number of amides is 2. The van der Waals surface area contributed by atoms with Crippen molar-refractivity contribution in [3.63, 3.8) is 0 Å². The van der Waals surface area contributed by atoms with Crippen molar-refractivity contribution in [2.24, 2.45) is 35.0 Å². The second-order valence-corrected chi connectivity index (χ2v) is 11.2. The van der Waals surface area contributed by atoms with E-state index in [1.807, 2.05) is 11.8 Å². The minimum Gasteiger partial charge on any atom is -0.392 e. The van der Waals surface area contributed by atoms with Crippen LogP contribution in [0.2, 0.25) is 0 Å². The molecule has 7 atom stereocenters. The zero-order valence-corrected chi connectivity index (χ0v) is 20.5. The van der Waals surface area contributed by atoms with E-state index in [1.165, 1.54) is 12.4 Å². The predicted molar refractivity (Wildman–Crippen MR) is 126 cm³/mol. The molecule has 3 fully saturated rings. The second-order valence-electron chi connectivity index (χ2n) is 11.2. The van der Waals surface area contributed by atoms with Crippen molar-refractivity contribution in [1.29, 1.82) is 0 Å². The highest BCUT2D eigenvalue weighted by atomic mass is 16.3. The van der Waals surface area contributed by atoms with Crippen molar-refractivity contribution in [3.05, 3.63) is 24.3 Å². The molecule has 1 aliphatic heterocycles. The van der Waals surface area contributed by atoms with Crippen LogP contribution in [0, 0.1) is 35.0 Å². The van der Waals surface area contributed by atoms with Gasteiger partial charge in [-0.3, -0.25) is 14.6 Å². The number of nitrogens with zero attached hydrogens (tertiary/aromatic N) is 3. The number of aliphatic hydroxyl groups is 1. The number of fused-ring (bicyclic) bond motifs is 1. The Morgan fingerprint density at radius 3 is 2.52 bits per heavy atom. The van der Waals surface area contributed by atoms with E-state index >= 15 is 0 Å². The maximum Gasteiger partial charge on any atom is 0.271 e. The highest BCUT2D eigenvalue weighted by Crippen LogP contribution is 2.55. The average Bonchev–Trinajstić information content (AvgIpc) is 2.81. The largest absolute Gasteiger partial charge is 0.392 e. The summed E-state index contributed by atoms with van der Waals surface area (Å²) in [4.78, 5) is 36.1. The van der Waals surface area contributed by atoms with Gasteiger partial charge in [0.25, 0.3) is 5.91 Å². The summed E-state index contributed by atoms with van der Waals surface area (Å²) in [7, 11) is 0. The predicted octanol–water partition coefficient (Wildman–Crippen LogP) is 3.29. The smallest absolute Gasteiger partial charge is 0.271 e. The number of hydrogen-bond acceptors (Lipinski definition) is 5. The van der Waals surface area contributed by atoms with Crippen molar-refractivity contribution in [2.75, 3.05) is 13.1 Å². The van der Waals surface area contributed by atoms with Gasteiger partial charge in [0.15, 0.2) is 0 Å². The number of nitrogens with one attached hydrogen (secondary N) is 1. The second kappa shape index (κ2) is 9.69. The first-order valence-electron chi connectivity index (χ1n) is 12.7. The highest BCUT2D eigenvalue weighted by Gasteiger charge is 2.54. The lowest BCUT2D eigenvalue weighted by Gasteiger charge is -2.56. The molecular weight excluding hydrogens is 416 g/mol. The third-order valence-corrected chi connectivity index (χ3v) is 9.13. The summed E-state index contributed by atoms with van der Waals surface area (Å²) >= 11 is 0. The van der Waals surface area contributed by atoms with Crippen molar-refractivity contribution in [3.8, 4) is 0 Å². The molecule has 0 aromatic carbocycles. The fourth-order valence-electron chi connectivity index (χ4n) is 6.86. The number of aromatic nitrogens is 2. The van der Waals surface area contributed by atoms with E-state index in [1.54, 1.807) is 6.20 Å². The van der Waals surface area contributed by atoms with Crippen LogP contribution in [-0.4, -0.2) is 57.0 Å².